The van der Waals surface area contributed by atoms with Gasteiger partial charge >= 0.3 is 0 Å². The predicted octanol–water partition coefficient (Wildman–Crippen LogP) is 2.59. The van der Waals surface area contributed by atoms with Gasteiger partial charge < -0.3 is 10.6 Å². The highest BCUT2D eigenvalue weighted by molar-refractivity contribution is 6.33. The highest BCUT2D eigenvalue weighted by atomic mass is 35.5. The van der Waals surface area contributed by atoms with Crippen LogP contribution in [0.1, 0.15) is 20.8 Å². The van der Waals surface area contributed by atoms with E-state index in [1.807, 2.05) is 0 Å². The van der Waals surface area contributed by atoms with E-state index in [4.69, 9.17) is 28.9 Å². The quantitative estimate of drug-likeness (QED) is 0.898. The Labute approximate surface area is 112 Å². The maximum atomic E-state index is 6.04. The third-order valence-electron chi connectivity index (χ3n) is 2.59. The molecule has 0 amide bonds. The molecule has 0 radical (unpaired) electrons. The van der Waals surface area contributed by atoms with Crippen molar-refractivity contribution in [2.45, 2.75) is 20.8 Å². The molecule has 4 nitrogen and oxygen atoms in total. The first-order valence-electron chi connectivity index (χ1n) is 5.53. The lowest BCUT2D eigenvalue weighted by atomic mass is 9.93. The second-order valence-electron chi connectivity index (χ2n) is 4.73. The monoisotopic (exact) mass is 276 g/mol. The van der Waals surface area contributed by atoms with Gasteiger partial charge in [-0.25, -0.2) is 0 Å². The van der Waals surface area contributed by atoms with Crippen molar-refractivity contribution in [1.82, 2.24) is 10.2 Å². The van der Waals surface area contributed by atoms with E-state index in [9.17, 15) is 0 Å². The molecule has 0 spiro atoms. The van der Waals surface area contributed by atoms with Gasteiger partial charge in [-0.15, -0.1) is 10.2 Å². The smallest absolute Gasteiger partial charge is 0.175 e. The van der Waals surface area contributed by atoms with E-state index in [2.05, 4.69) is 35.9 Å². The van der Waals surface area contributed by atoms with Crippen LogP contribution in [0, 0.1) is 5.41 Å². The Bertz CT molecular complexity index is 382. The molecule has 0 aliphatic heterocycles. The van der Waals surface area contributed by atoms with Gasteiger partial charge in [-0.3, -0.25) is 0 Å². The summed E-state index contributed by atoms with van der Waals surface area (Å²) in [5.41, 5.74) is 6.55. The van der Waals surface area contributed by atoms with Crippen molar-refractivity contribution in [3.8, 4) is 0 Å². The van der Waals surface area contributed by atoms with E-state index in [0.29, 0.717) is 16.9 Å². The number of rotatable bonds is 5. The molecular weight excluding hydrogens is 259 g/mol. The van der Waals surface area contributed by atoms with Gasteiger partial charge in [-0.2, -0.15) is 0 Å². The van der Waals surface area contributed by atoms with Gasteiger partial charge in [-0.05, 0) is 18.9 Å². The van der Waals surface area contributed by atoms with E-state index in [-0.39, 0.29) is 5.41 Å². The Morgan fingerprint density at radius 1 is 1.35 bits per heavy atom. The molecule has 0 aromatic carbocycles. The SMILES string of the molecule is CCN(CC(C)(C)CN)c1cc(Cl)nnc1Cl. The van der Waals surface area contributed by atoms with Crippen molar-refractivity contribution < 1.29 is 0 Å². The van der Waals surface area contributed by atoms with Crippen molar-refractivity contribution >= 4 is 28.9 Å². The standard InChI is InChI=1S/C11H18Cl2N4/c1-4-17(7-11(2,3)6-14)8-5-9(12)15-16-10(8)13/h5H,4,6-7,14H2,1-3H3. The summed E-state index contributed by atoms with van der Waals surface area (Å²) in [6.45, 7) is 8.48. The molecule has 0 saturated heterocycles. The fourth-order valence-corrected chi connectivity index (χ4v) is 1.87. The van der Waals surface area contributed by atoms with Crippen LogP contribution in [0.3, 0.4) is 0 Å². The van der Waals surface area contributed by atoms with Crippen molar-refractivity contribution in [3.63, 3.8) is 0 Å². The number of aromatic nitrogens is 2. The fraction of sp³-hybridized carbons (Fsp3) is 0.636. The molecule has 1 aromatic heterocycles. The summed E-state index contributed by atoms with van der Waals surface area (Å²) in [7, 11) is 0. The number of nitrogens with zero attached hydrogens (tertiary/aromatic N) is 3. The third-order valence-corrected chi connectivity index (χ3v) is 3.05. The van der Waals surface area contributed by atoms with E-state index < -0.39 is 0 Å². The van der Waals surface area contributed by atoms with Gasteiger partial charge in [0, 0.05) is 19.2 Å². The van der Waals surface area contributed by atoms with Gasteiger partial charge in [0.2, 0.25) is 0 Å². The first-order chi connectivity index (χ1) is 7.89. The lowest BCUT2D eigenvalue weighted by molar-refractivity contribution is 0.379. The van der Waals surface area contributed by atoms with Crippen LogP contribution >= 0.6 is 23.2 Å². The van der Waals surface area contributed by atoms with Crippen LogP contribution in [0.15, 0.2) is 6.07 Å². The molecule has 17 heavy (non-hydrogen) atoms. The van der Waals surface area contributed by atoms with Crippen LogP contribution in [0.25, 0.3) is 0 Å². The molecule has 1 heterocycles. The summed E-state index contributed by atoms with van der Waals surface area (Å²) in [5.74, 6) is 0. The molecule has 0 fully saturated rings. The minimum absolute atomic E-state index is 0.00901. The lowest BCUT2D eigenvalue weighted by Gasteiger charge is -2.32. The summed E-state index contributed by atoms with van der Waals surface area (Å²) in [4.78, 5) is 2.11. The molecule has 0 saturated carbocycles. The Hall–Kier alpha value is -0.580. The molecule has 1 aromatic rings. The van der Waals surface area contributed by atoms with Gasteiger partial charge in [0.15, 0.2) is 10.3 Å². The topological polar surface area (TPSA) is 55.0 Å². The lowest BCUT2D eigenvalue weighted by Crippen LogP contribution is -2.39. The Morgan fingerprint density at radius 3 is 2.53 bits per heavy atom. The van der Waals surface area contributed by atoms with E-state index in [0.717, 1.165) is 18.8 Å². The molecule has 0 bridgehead atoms. The average Bonchev–Trinajstić information content (AvgIpc) is 2.29. The number of hydrogen-bond acceptors (Lipinski definition) is 4. The van der Waals surface area contributed by atoms with Gasteiger partial charge in [0.1, 0.15) is 0 Å². The summed E-state index contributed by atoms with van der Waals surface area (Å²) in [6.07, 6.45) is 0. The number of anilines is 1. The van der Waals surface area contributed by atoms with E-state index in [1.54, 1.807) is 6.07 Å². The molecule has 1 rings (SSSR count). The largest absolute Gasteiger partial charge is 0.369 e. The summed E-state index contributed by atoms with van der Waals surface area (Å²) >= 11 is 11.9. The maximum Gasteiger partial charge on any atom is 0.175 e. The van der Waals surface area contributed by atoms with Crippen LogP contribution in [0.4, 0.5) is 5.69 Å². The zero-order valence-corrected chi connectivity index (χ0v) is 11.9. The van der Waals surface area contributed by atoms with E-state index in [1.165, 1.54) is 0 Å². The highest BCUT2D eigenvalue weighted by Gasteiger charge is 2.21. The Kier molecular flexibility index (Phi) is 4.98. The van der Waals surface area contributed by atoms with E-state index >= 15 is 0 Å². The third kappa shape index (κ3) is 3.98. The molecule has 2 N–H and O–H groups in total. The molecule has 0 aliphatic rings. The first kappa shape index (κ1) is 14.5. The van der Waals surface area contributed by atoms with Gasteiger partial charge in [-0.1, -0.05) is 37.0 Å². The van der Waals surface area contributed by atoms with Crippen LogP contribution in [-0.4, -0.2) is 29.8 Å². The normalized spacial score (nSPS) is 11.6. The Morgan fingerprint density at radius 2 is 2.00 bits per heavy atom. The molecule has 0 aliphatic carbocycles. The molecule has 0 atom stereocenters. The number of halogens is 2. The van der Waals surface area contributed by atoms with Crippen LogP contribution in [0.5, 0.6) is 0 Å². The van der Waals surface area contributed by atoms with Crippen molar-refractivity contribution in [1.29, 1.82) is 0 Å². The predicted molar refractivity (Wildman–Crippen MR) is 72.8 cm³/mol. The van der Waals surface area contributed by atoms with Crippen molar-refractivity contribution in [2.75, 3.05) is 24.5 Å². The second-order valence-corrected chi connectivity index (χ2v) is 5.47. The average molecular weight is 277 g/mol. The van der Waals surface area contributed by atoms with Crippen LogP contribution in [0.2, 0.25) is 10.3 Å². The zero-order chi connectivity index (χ0) is 13.1. The number of nitrogens with two attached hydrogens (primary N) is 1. The van der Waals surface area contributed by atoms with Crippen molar-refractivity contribution in [2.24, 2.45) is 11.1 Å². The fourth-order valence-electron chi connectivity index (χ4n) is 1.51. The molecule has 0 unspecified atom stereocenters. The Balaban J connectivity index is 2.97. The first-order valence-corrected chi connectivity index (χ1v) is 6.29. The summed E-state index contributed by atoms with van der Waals surface area (Å²) < 4.78 is 0. The summed E-state index contributed by atoms with van der Waals surface area (Å²) in [6, 6.07) is 1.73. The zero-order valence-electron chi connectivity index (χ0n) is 10.4. The molecule has 96 valence electrons. The molecular formula is C11H18Cl2N4. The highest BCUT2D eigenvalue weighted by Crippen LogP contribution is 2.28. The van der Waals surface area contributed by atoms with Crippen molar-refractivity contribution in [3.05, 3.63) is 16.4 Å². The van der Waals surface area contributed by atoms with Gasteiger partial charge in [0.25, 0.3) is 0 Å². The maximum absolute atomic E-state index is 6.04. The van der Waals surface area contributed by atoms with Crippen LogP contribution < -0.4 is 10.6 Å². The van der Waals surface area contributed by atoms with Gasteiger partial charge in [0.05, 0.1) is 5.69 Å². The number of hydrogen-bond donors (Lipinski definition) is 1. The van der Waals surface area contributed by atoms with Crippen LogP contribution in [-0.2, 0) is 0 Å². The minimum atomic E-state index is 0.00901. The second kappa shape index (κ2) is 5.85. The summed E-state index contributed by atoms with van der Waals surface area (Å²) in [5, 5.41) is 8.22. The minimum Gasteiger partial charge on any atom is -0.369 e. The molecule has 6 heteroatoms.